The highest BCUT2D eigenvalue weighted by Crippen LogP contribution is 2.23. The molecule has 4 heterocycles. The predicted molar refractivity (Wildman–Crippen MR) is 140 cm³/mol. The van der Waals surface area contributed by atoms with E-state index >= 15 is 0 Å². The summed E-state index contributed by atoms with van der Waals surface area (Å²) in [5.41, 5.74) is 10.2. The lowest BCUT2D eigenvalue weighted by atomic mass is 10.0. The molecule has 1 aromatic carbocycles. The van der Waals surface area contributed by atoms with Crippen LogP contribution in [0.15, 0.2) is 48.9 Å². The van der Waals surface area contributed by atoms with Crippen LogP contribution in [0.5, 0.6) is 0 Å². The fourth-order valence-electron chi connectivity index (χ4n) is 4.67. The third-order valence-electron chi connectivity index (χ3n) is 6.64. The van der Waals surface area contributed by atoms with Gasteiger partial charge in [0.25, 0.3) is 5.91 Å². The summed E-state index contributed by atoms with van der Waals surface area (Å²) in [6.07, 6.45) is 7.79. The Hall–Kier alpha value is -3.98. The molecule has 1 saturated heterocycles. The zero-order chi connectivity index (χ0) is 25.1. The quantitative estimate of drug-likeness (QED) is 0.393. The summed E-state index contributed by atoms with van der Waals surface area (Å²) in [6, 6.07) is 10.1. The van der Waals surface area contributed by atoms with Crippen LogP contribution in [-0.4, -0.2) is 45.9 Å². The first-order valence-corrected chi connectivity index (χ1v) is 12.2. The van der Waals surface area contributed by atoms with Gasteiger partial charge in [0.1, 0.15) is 17.3 Å². The minimum absolute atomic E-state index is 0.190. The Morgan fingerprint density at radius 2 is 2.00 bits per heavy atom. The van der Waals surface area contributed by atoms with Crippen LogP contribution in [0.1, 0.15) is 45.6 Å². The van der Waals surface area contributed by atoms with E-state index in [1.54, 1.807) is 24.2 Å². The van der Waals surface area contributed by atoms with E-state index in [4.69, 9.17) is 10.5 Å². The molecule has 0 radical (unpaired) electrons. The van der Waals surface area contributed by atoms with Crippen LogP contribution in [0.2, 0.25) is 0 Å². The minimum atomic E-state index is -0.190. The zero-order valence-corrected chi connectivity index (χ0v) is 20.7. The highest BCUT2D eigenvalue weighted by Gasteiger charge is 2.18. The maximum absolute atomic E-state index is 13.1. The molecule has 186 valence electrons. The van der Waals surface area contributed by atoms with Gasteiger partial charge in [-0.3, -0.25) is 9.48 Å². The molecule has 1 amide bonds. The van der Waals surface area contributed by atoms with Gasteiger partial charge < -0.3 is 20.7 Å². The number of nitrogens with one attached hydrogen (secondary N) is 1. The van der Waals surface area contributed by atoms with E-state index in [1.165, 1.54) is 12.8 Å². The molecule has 0 atom stereocenters. The predicted octanol–water partition coefficient (Wildman–Crippen LogP) is 3.44. The number of hydrogen-bond donors (Lipinski definition) is 2. The van der Waals surface area contributed by atoms with Crippen molar-refractivity contribution in [3.63, 3.8) is 0 Å². The lowest BCUT2D eigenvalue weighted by Gasteiger charge is -2.16. The fraction of sp³-hybridized carbons (Fsp3) is 0.333. The van der Waals surface area contributed by atoms with Crippen molar-refractivity contribution in [1.29, 1.82) is 0 Å². The number of benzene rings is 1. The van der Waals surface area contributed by atoms with Gasteiger partial charge in [0, 0.05) is 50.7 Å². The molecule has 0 unspecified atom stereocenters. The first kappa shape index (κ1) is 23.7. The number of carbonyl (C=O) groups is 1. The molecule has 0 aliphatic carbocycles. The Balaban J connectivity index is 1.29. The molecular weight excluding hydrogens is 454 g/mol. The van der Waals surface area contributed by atoms with Crippen LogP contribution in [0.25, 0.3) is 10.8 Å². The van der Waals surface area contributed by atoms with Crippen molar-refractivity contribution < 1.29 is 9.53 Å². The van der Waals surface area contributed by atoms with E-state index in [0.29, 0.717) is 30.2 Å². The van der Waals surface area contributed by atoms with Gasteiger partial charge in [-0.2, -0.15) is 5.10 Å². The number of nitrogens with two attached hydrogens (primary N) is 1. The molecule has 0 bridgehead atoms. The van der Waals surface area contributed by atoms with Crippen molar-refractivity contribution in [2.45, 2.75) is 39.5 Å². The Morgan fingerprint density at radius 3 is 2.75 bits per heavy atom. The van der Waals surface area contributed by atoms with Gasteiger partial charge in [0.2, 0.25) is 0 Å². The minimum Gasteiger partial charge on any atom is -0.383 e. The number of ether oxygens (including phenoxy) is 1. The van der Waals surface area contributed by atoms with Gasteiger partial charge in [-0.1, -0.05) is 6.07 Å². The van der Waals surface area contributed by atoms with Gasteiger partial charge in [-0.15, -0.1) is 0 Å². The molecule has 0 spiro atoms. The van der Waals surface area contributed by atoms with E-state index in [-0.39, 0.29) is 12.5 Å². The number of nitrogen functional groups attached to an aromatic ring is 1. The smallest absolute Gasteiger partial charge is 0.255 e. The van der Waals surface area contributed by atoms with E-state index in [1.807, 2.05) is 31.3 Å². The Bertz CT molecular complexity index is 1380. The number of anilines is 2. The van der Waals surface area contributed by atoms with Crippen LogP contribution >= 0.6 is 0 Å². The average molecular weight is 486 g/mol. The third-order valence-corrected chi connectivity index (χ3v) is 6.64. The molecule has 9 heteroatoms. The summed E-state index contributed by atoms with van der Waals surface area (Å²) < 4.78 is 7.08. The second-order valence-electron chi connectivity index (χ2n) is 9.22. The number of pyridine rings is 2. The molecular formula is C27H31N7O2. The molecule has 9 nitrogen and oxygen atoms in total. The van der Waals surface area contributed by atoms with Crippen LogP contribution in [0, 0.1) is 6.92 Å². The monoisotopic (exact) mass is 485 g/mol. The number of rotatable bonds is 8. The fourth-order valence-corrected chi connectivity index (χ4v) is 4.67. The van der Waals surface area contributed by atoms with Gasteiger partial charge >= 0.3 is 0 Å². The lowest BCUT2D eigenvalue weighted by molar-refractivity contribution is 0.0946. The first-order valence-electron chi connectivity index (χ1n) is 12.2. The molecule has 5 rings (SSSR count). The highest BCUT2D eigenvalue weighted by molar-refractivity contribution is 5.95. The van der Waals surface area contributed by atoms with Crippen LogP contribution in [-0.2, 0) is 24.4 Å². The SMILES string of the molecule is COCc1nn(Cc2ccc(N3CCCC3)nc2)cc1C(=O)NCc1cc2ccnc(N)c2cc1C. The molecule has 1 aliphatic heterocycles. The lowest BCUT2D eigenvalue weighted by Crippen LogP contribution is -2.24. The third kappa shape index (κ3) is 5.01. The molecule has 0 saturated carbocycles. The van der Waals surface area contributed by atoms with Crippen molar-refractivity contribution in [2.24, 2.45) is 0 Å². The van der Waals surface area contributed by atoms with Gasteiger partial charge in [0.15, 0.2) is 0 Å². The number of methoxy groups -OCH3 is 1. The van der Waals surface area contributed by atoms with Gasteiger partial charge in [-0.25, -0.2) is 9.97 Å². The largest absolute Gasteiger partial charge is 0.383 e. The maximum Gasteiger partial charge on any atom is 0.255 e. The van der Waals surface area contributed by atoms with E-state index in [9.17, 15) is 4.79 Å². The first-order chi connectivity index (χ1) is 17.5. The van der Waals surface area contributed by atoms with Crippen LogP contribution in [0.3, 0.4) is 0 Å². The highest BCUT2D eigenvalue weighted by atomic mass is 16.5. The number of amides is 1. The molecule has 3 N–H and O–H groups in total. The van der Waals surface area contributed by atoms with E-state index in [2.05, 4.69) is 37.4 Å². The summed E-state index contributed by atoms with van der Waals surface area (Å²) in [5.74, 6) is 1.33. The second-order valence-corrected chi connectivity index (χ2v) is 9.22. The van der Waals surface area contributed by atoms with Crippen molar-refractivity contribution >= 4 is 28.3 Å². The number of carbonyl (C=O) groups excluding carboxylic acids is 1. The van der Waals surface area contributed by atoms with Gasteiger partial charge in [-0.05, 0) is 66.1 Å². The van der Waals surface area contributed by atoms with Crippen molar-refractivity contribution in [3.05, 3.63) is 76.9 Å². The average Bonchev–Trinajstić information content (AvgIpc) is 3.55. The molecule has 4 aromatic rings. The van der Waals surface area contributed by atoms with E-state index in [0.717, 1.165) is 46.4 Å². The molecule has 3 aromatic heterocycles. The molecule has 1 aliphatic rings. The molecule has 1 fully saturated rings. The normalized spacial score (nSPS) is 13.4. The topological polar surface area (TPSA) is 111 Å². The molecule has 36 heavy (non-hydrogen) atoms. The van der Waals surface area contributed by atoms with Crippen molar-refractivity contribution in [2.75, 3.05) is 30.8 Å². The standard InChI is InChI=1S/C27H31N7O2/c1-18-11-22-20(7-8-29-26(22)28)12-21(18)14-31-27(35)23-16-34(32-24(23)17-36-2)15-19-5-6-25(30-13-19)33-9-3-4-10-33/h5-8,11-13,16H,3-4,9-10,14-15,17H2,1-2H3,(H2,28,29)(H,31,35). The summed E-state index contributed by atoms with van der Waals surface area (Å²) in [7, 11) is 1.60. The summed E-state index contributed by atoms with van der Waals surface area (Å²) >= 11 is 0. The summed E-state index contributed by atoms with van der Waals surface area (Å²) in [4.78, 5) is 24.2. The zero-order valence-electron chi connectivity index (χ0n) is 20.7. The Labute approximate surface area is 210 Å². The summed E-state index contributed by atoms with van der Waals surface area (Å²) in [5, 5.41) is 9.56. The Kier molecular flexibility index (Phi) is 6.81. The number of aryl methyl sites for hydroxylation is 1. The maximum atomic E-state index is 13.1. The summed E-state index contributed by atoms with van der Waals surface area (Å²) in [6.45, 7) is 5.30. The number of fused-ring (bicyclic) bond motifs is 1. The van der Waals surface area contributed by atoms with Crippen molar-refractivity contribution in [1.82, 2.24) is 25.1 Å². The number of hydrogen-bond acceptors (Lipinski definition) is 7. The number of nitrogens with zero attached hydrogens (tertiary/aromatic N) is 5. The van der Waals surface area contributed by atoms with Crippen molar-refractivity contribution in [3.8, 4) is 0 Å². The Morgan fingerprint density at radius 1 is 1.17 bits per heavy atom. The van der Waals surface area contributed by atoms with E-state index < -0.39 is 0 Å². The van der Waals surface area contributed by atoms with Crippen LogP contribution < -0.4 is 16.0 Å². The number of aromatic nitrogens is 4. The van der Waals surface area contributed by atoms with Gasteiger partial charge in [0.05, 0.1) is 18.7 Å². The second kappa shape index (κ2) is 10.3. The van der Waals surface area contributed by atoms with Crippen LogP contribution in [0.4, 0.5) is 11.6 Å².